The summed E-state index contributed by atoms with van der Waals surface area (Å²) in [6.45, 7) is 7.90. The molecule has 5 nitrogen and oxygen atoms in total. The number of hydrogen-bond acceptors (Lipinski definition) is 5. The van der Waals surface area contributed by atoms with Crippen molar-refractivity contribution in [3.05, 3.63) is 40.5 Å². The van der Waals surface area contributed by atoms with Gasteiger partial charge in [0.05, 0.1) is 22.4 Å². The lowest BCUT2D eigenvalue weighted by Crippen LogP contribution is -1.87. The monoisotopic (exact) mass is 324 g/mol. The van der Waals surface area contributed by atoms with Crippen LogP contribution in [-0.4, -0.2) is 19.5 Å². The molecule has 0 radical (unpaired) electrons. The van der Waals surface area contributed by atoms with Gasteiger partial charge in [-0.15, -0.1) is 0 Å². The van der Waals surface area contributed by atoms with Crippen molar-refractivity contribution in [1.29, 1.82) is 0 Å². The number of aromatic amines is 1. The van der Waals surface area contributed by atoms with Gasteiger partial charge in [-0.05, 0) is 56.9 Å². The summed E-state index contributed by atoms with van der Waals surface area (Å²) in [5.41, 5.74) is 8.24. The Kier molecular flexibility index (Phi) is 3.09. The van der Waals surface area contributed by atoms with Crippen LogP contribution in [0.5, 0.6) is 0 Å². The molecule has 0 fully saturated rings. The third kappa shape index (κ3) is 2.17. The summed E-state index contributed by atoms with van der Waals surface area (Å²) < 4.78 is 9.74. The number of benzene rings is 1. The van der Waals surface area contributed by atoms with Gasteiger partial charge in [0.15, 0.2) is 0 Å². The number of nitrogens with one attached hydrogen (secondary N) is 1. The fourth-order valence-corrected chi connectivity index (χ4v) is 3.75. The standard InChI is InChI=1S/C17H16N4OS/c1-8-14(7-23-21-8)13-5-12(16-9(2)20-22-10(16)3)6-15-17(13)19-11(4)18-15/h5-7H,1-4H3,(H,18,19). The number of hydrogen-bond donors (Lipinski definition) is 1. The first-order chi connectivity index (χ1) is 11.0. The van der Waals surface area contributed by atoms with E-state index in [2.05, 4.69) is 37.0 Å². The average molecular weight is 324 g/mol. The average Bonchev–Trinajstić information content (AvgIpc) is 3.17. The number of aryl methyl sites for hydroxylation is 4. The molecule has 4 rings (SSSR count). The van der Waals surface area contributed by atoms with E-state index in [-0.39, 0.29) is 0 Å². The van der Waals surface area contributed by atoms with Crippen molar-refractivity contribution in [1.82, 2.24) is 19.5 Å². The Bertz CT molecular complexity index is 1010. The van der Waals surface area contributed by atoms with Gasteiger partial charge in [-0.3, -0.25) is 0 Å². The fraction of sp³-hybridized carbons (Fsp3) is 0.235. The highest BCUT2D eigenvalue weighted by molar-refractivity contribution is 7.04. The van der Waals surface area contributed by atoms with E-state index < -0.39 is 0 Å². The minimum Gasteiger partial charge on any atom is -0.361 e. The van der Waals surface area contributed by atoms with E-state index in [9.17, 15) is 0 Å². The Hall–Kier alpha value is -2.47. The molecule has 1 N–H and O–H groups in total. The molecule has 0 aliphatic rings. The van der Waals surface area contributed by atoms with Crippen molar-refractivity contribution in [2.45, 2.75) is 27.7 Å². The summed E-state index contributed by atoms with van der Waals surface area (Å²) in [5, 5.41) is 6.15. The molecule has 4 aromatic rings. The number of H-pyrrole nitrogens is 1. The van der Waals surface area contributed by atoms with Crippen molar-refractivity contribution < 1.29 is 4.52 Å². The summed E-state index contributed by atoms with van der Waals surface area (Å²) in [6.07, 6.45) is 0. The summed E-state index contributed by atoms with van der Waals surface area (Å²) in [4.78, 5) is 8.00. The molecule has 23 heavy (non-hydrogen) atoms. The van der Waals surface area contributed by atoms with Crippen LogP contribution >= 0.6 is 11.5 Å². The van der Waals surface area contributed by atoms with E-state index in [1.807, 2.05) is 27.7 Å². The van der Waals surface area contributed by atoms with Crippen LogP contribution in [0.15, 0.2) is 22.0 Å². The molecule has 0 unspecified atom stereocenters. The summed E-state index contributed by atoms with van der Waals surface area (Å²) in [6, 6.07) is 4.27. The van der Waals surface area contributed by atoms with Gasteiger partial charge in [0.25, 0.3) is 0 Å². The SMILES string of the molecule is Cc1nc2c(-c3csnc3C)cc(-c3c(C)noc3C)cc2[nH]1. The smallest absolute Gasteiger partial charge is 0.141 e. The van der Waals surface area contributed by atoms with E-state index in [0.717, 1.165) is 56.3 Å². The lowest BCUT2D eigenvalue weighted by atomic mass is 9.97. The van der Waals surface area contributed by atoms with Crippen molar-refractivity contribution >= 4 is 22.6 Å². The highest BCUT2D eigenvalue weighted by Crippen LogP contribution is 2.36. The van der Waals surface area contributed by atoms with Crippen molar-refractivity contribution in [3.63, 3.8) is 0 Å². The second kappa shape index (κ2) is 5.03. The number of nitrogens with zero attached hydrogens (tertiary/aromatic N) is 3. The maximum Gasteiger partial charge on any atom is 0.141 e. The van der Waals surface area contributed by atoms with Crippen LogP contribution in [0.2, 0.25) is 0 Å². The number of aromatic nitrogens is 4. The van der Waals surface area contributed by atoms with Crippen molar-refractivity contribution in [2.75, 3.05) is 0 Å². The summed E-state index contributed by atoms with van der Waals surface area (Å²) >= 11 is 1.47. The molecule has 0 amide bonds. The third-order valence-corrected chi connectivity index (χ3v) is 4.79. The van der Waals surface area contributed by atoms with Gasteiger partial charge in [0.2, 0.25) is 0 Å². The first-order valence-electron chi connectivity index (χ1n) is 7.39. The third-order valence-electron chi connectivity index (χ3n) is 4.07. The second-order valence-electron chi connectivity index (χ2n) is 5.75. The molecule has 116 valence electrons. The molecule has 6 heteroatoms. The Balaban J connectivity index is 2.07. The molecule has 1 aromatic carbocycles. The van der Waals surface area contributed by atoms with E-state index in [4.69, 9.17) is 4.52 Å². The van der Waals surface area contributed by atoms with Gasteiger partial charge in [-0.25, -0.2) is 4.98 Å². The van der Waals surface area contributed by atoms with Crippen molar-refractivity contribution in [2.24, 2.45) is 0 Å². The van der Waals surface area contributed by atoms with E-state index in [1.54, 1.807) is 0 Å². The van der Waals surface area contributed by atoms with Crippen LogP contribution in [0, 0.1) is 27.7 Å². The van der Waals surface area contributed by atoms with Crippen LogP contribution in [0.1, 0.15) is 23.0 Å². The number of fused-ring (bicyclic) bond motifs is 1. The normalized spacial score (nSPS) is 11.5. The van der Waals surface area contributed by atoms with E-state index in [1.165, 1.54) is 11.5 Å². The molecule has 0 saturated carbocycles. The molecular formula is C17H16N4OS. The Labute approximate surface area is 137 Å². The number of rotatable bonds is 2. The zero-order valence-corrected chi connectivity index (χ0v) is 14.2. The largest absolute Gasteiger partial charge is 0.361 e. The molecule has 0 aliphatic carbocycles. The van der Waals surface area contributed by atoms with Gasteiger partial charge in [0.1, 0.15) is 11.6 Å². The highest BCUT2D eigenvalue weighted by Gasteiger charge is 2.18. The van der Waals surface area contributed by atoms with Gasteiger partial charge in [-0.1, -0.05) is 5.16 Å². The fourth-order valence-electron chi connectivity index (χ4n) is 3.04. The minimum absolute atomic E-state index is 0.823. The second-order valence-corrected chi connectivity index (χ2v) is 6.38. The first kappa shape index (κ1) is 14.1. The van der Waals surface area contributed by atoms with Gasteiger partial charge >= 0.3 is 0 Å². The van der Waals surface area contributed by atoms with Crippen molar-refractivity contribution in [3.8, 4) is 22.3 Å². The number of imidazole rings is 1. The molecule has 0 atom stereocenters. The lowest BCUT2D eigenvalue weighted by Gasteiger charge is -2.06. The molecular weight excluding hydrogens is 308 g/mol. The zero-order chi connectivity index (χ0) is 16.1. The predicted molar refractivity (Wildman–Crippen MR) is 91.6 cm³/mol. The van der Waals surface area contributed by atoms with Gasteiger partial charge in [-0.2, -0.15) is 4.37 Å². The molecule has 0 aliphatic heterocycles. The van der Waals surface area contributed by atoms with Crippen LogP contribution in [-0.2, 0) is 0 Å². The topological polar surface area (TPSA) is 67.6 Å². The van der Waals surface area contributed by atoms with Crippen LogP contribution < -0.4 is 0 Å². The Morgan fingerprint density at radius 3 is 2.52 bits per heavy atom. The molecule has 3 aromatic heterocycles. The zero-order valence-electron chi connectivity index (χ0n) is 13.4. The predicted octanol–water partition coefficient (Wildman–Crippen LogP) is 4.58. The van der Waals surface area contributed by atoms with Gasteiger partial charge in [0, 0.05) is 22.1 Å². The van der Waals surface area contributed by atoms with Crippen LogP contribution in [0.4, 0.5) is 0 Å². The minimum atomic E-state index is 0.823. The first-order valence-corrected chi connectivity index (χ1v) is 8.23. The van der Waals surface area contributed by atoms with E-state index in [0.29, 0.717) is 0 Å². The summed E-state index contributed by atoms with van der Waals surface area (Å²) in [5.74, 6) is 1.72. The molecule has 0 saturated heterocycles. The maximum absolute atomic E-state index is 5.34. The Morgan fingerprint density at radius 1 is 1.04 bits per heavy atom. The lowest BCUT2D eigenvalue weighted by molar-refractivity contribution is 0.393. The highest BCUT2D eigenvalue weighted by atomic mass is 32.1. The molecule has 0 bridgehead atoms. The van der Waals surface area contributed by atoms with Crippen LogP contribution in [0.3, 0.4) is 0 Å². The maximum atomic E-state index is 5.34. The van der Waals surface area contributed by atoms with E-state index >= 15 is 0 Å². The molecule has 0 spiro atoms. The van der Waals surface area contributed by atoms with Gasteiger partial charge < -0.3 is 9.51 Å². The Morgan fingerprint density at radius 2 is 1.87 bits per heavy atom. The summed E-state index contributed by atoms with van der Waals surface area (Å²) in [7, 11) is 0. The quantitative estimate of drug-likeness (QED) is 0.586. The van der Waals surface area contributed by atoms with Crippen LogP contribution in [0.25, 0.3) is 33.3 Å². The molecule has 3 heterocycles.